The van der Waals surface area contributed by atoms with Crippen LogP contribution in [0.5, 0.6) is 0 Å². The molecule has 4 bridgehead atoms. The van der Waals surface area contributed by atoms with Gasteiger partial charge in [0.15, 0.2) is 6.29 Å². The molecule has 5 aliphatic rings. The van der Waals surface area contributed by atoms with Crippen LogP contribution in [-0.2, 0) is 23.7 Å². The Morgan fingerprint density at radius 1 is 1.09 bits per heavy atom. The first kappa shape index (κ1) is 23.6. The molecule has 6 unspecified atom stereocenters. The predicted molar refractivity (Wildman–Crippen MR) is 110 cm³/mol. The first-order valence-electron chi connectivity index (χ1n) is 11.2. The zero-order valence-electron chi connectivity index (χ0n) is 18.4. The van der Waals surface area contributed by atoms with Gasteiger partial charge < -0.3 is 44.5 Å². The zero-order chi connectivity index (χ0) is 24.5. The van der Waals surface area contributed by atoms with E-state index in [1.165, 1.54) is 0 Å². The molecule has 11 heteroatoms. The summed E-state index contributed by atoms with van der Waals surface area (Å²) in [6, 6.07) is 8.20. The smallest absolute Gasteiger partial charge is 0.338 e. The number of aliphatic hydroxyl groups excluding tert-OH is 5. The fraction of sp³-hybridized carbons (Fsp3) is 0.652. The third kappa shape index (κ3) is 2.95. The molecule has 10 atom stereocenters. The normalized spacial score (nSPS) is 47.0. The lowest BCUT2D eigenvalue weighted by Crippen LogP contribution is -2.80. The fourth-order valence-electron chi connectivity index (χ4n) is 6.19. The number of hydrogen-bond donors (Lipinski definition) is 5. The molecule has 6 rings (SSSR count). The van der Waals surface area contributed by atoms with E-state index in [1.807, 2.05) is 0 Å². The second-order valence-corrected chi connectivity index (χ2v) is 9.76. The van der Waals surface area contributed by atoms with Gasteiger partial charge in [-0.15, -0.1) is 0 Å². The van der Waals surface area contributed by atoms with Crippen LogP contribution in [0.15, 0.2) is 30.3 Å². The number of ether oxygens (including phenoxy) is 4. The molecule has 0 aromatic heterocycles. The molecule has 1 aromatic carbocycles. The predicted octanol–water partition coefficient (Wildman–Crippen LogP) is -1.51. The van der Waals surface area contributed by atoms with E-state index in [9.17, 15) is 35.1 Å². The summed E-state index contributed by atoms with van der Waals surface area (Å²) in [6.45, 7) is 0.508. The molecule has 3 saturated carbocycles. The van der Waals surface area contributed by atoms with Crippen molar-refractivity contribution in [2.24, 2.45) is 11.3 Å². The highest BCUT2D eigenvalue weighted by atomic mass is 16.7. The monoisotopic (exact) mass is 480 g/mol. The summed E-state index contributed by atoms with van der Waals surface area (Å²) < 4.78 is 22.9. The van der Waals surface area contributed by atoms with Gasteiger partial charge in [0.25, 0.3) is 0 Å². The standard InChI is InChI=1S/C23H28O11/c1-21-8-13(25)12-7-23(21,33-19-17(28)16(27)15(26)14(9-24)32-19)22(12,20(30)34-21)10-31-18(29)11-5-3-2-4-6-11/h2-6,12-17,19,24-28H,7-10H2,1H3/t12?,13-,14?,15?,16?,17?,19?,21+,22-,23+/m1/s1. The van der Waals surface area contributed by atoms with Gasteiger partial charge in [-0.2, -0.15) is 0 Å². The van der Waals surface area contributed by atoms with E-state index in [4.69, 9.17) is 18.9 Å². The van der Waals surface area contributed by atoms with Crippen molar-refractivity contribution in [3.63, 3.8) is 0 Å². The Hall–Kier alpha value is -2.12. The van der Waals surface area contributed by atoms with Crippen LogP contribution in [0, 0.1) is 11.3 Å². The molecule has 2 saturated heterocycles. The number of esters is 2. The van der Waals surface area contributed by atoms with E-state index in [0.29, 0.717) is 0 Å². The van der Waals surface area contributed by atoms with Crippen molar-refractivity contribution in [1.82, 2.24) is 0 Å². The largest absolute Gasteiger partial charge is 0.461 e. The molecule has 0 spiro atoms. The van der Waals surface area contributed by atoms with E-state index < -0.39 is 84.5 Å². The summed E-state index contributed by atoms with van der Waals surface area (Å²) in [5.41, 5.74) is -4.08. The Bertz CT molecular complexity index is 969. The minimum absolute atomic E-state index is 0.0508. The SMILES string of the molecule is C[C@]12C[C@@H](O)C3C[C@@]1(OC1OC(CO)C(O)C(O)C1O)[C@@]3(COC(=O)c1ccccc1)C(=O)O2. The summed E-state index contributed by atoms with van der Waals surface area (Å²) >= 11 is 0. The quantitative estimate of drug-likeness (QED) is 0.300. The van der Waals surface area contributed by atoms with Crippen molar-refractivity contribution in [2.75, 3.05) is 13.2 Å². The van der Waals surface area contributed by atoms with Crippen LogP contribution in [0.1, 0.15) is 30.1 Å². The molecule has 3 aliphatic carbocycles. The fourth-order valence-corrected chi connectivity index (χ4v) is 6.19. The summed E-state index contributed by atoms with van der Waals surface area (Å²) in [4.78, 5) is 25.9. The first-order chi connectivity index (χ1) is 16.1. The van der Waals surface area contributed by atoms with E-state index in [-0.39, 0.29) is 18.4 Å². The van der Waals surface area contributed by atoms with Gasteiger partial charge in [0.2, 0.25) is 0 Å². The van der Waals surface area contributed by atoms with Crippen LogP contribution in [0.4, 0.5) is 0 Å². The minimum atomic E-state index is -1.69. The van der Waals surface area contributed by atoms with Crippen LogP contribution >= 0.6 is 0 Å². The van der Waals surface area contributed by atoms with Crippen molar-refractivity contribution >= 4 is 11.9 Å². The molecule has 0 amide bonds. The van der Waals surface area contributed by atoms with Gasteiger partial charge in [-0.05, 0) is 25.5 Å². The Morgan fingerprint density at radius 2 is 1.79 bits per heavy atom. The lowest BCUT2D eigenvalue weighted by atomic mass is 9.40. The maximum atomic E-state index is 13.2. The van der Waals surface area contributed by atoms with Crippen LogP contribution in [0.3, 0.4) is 0 Å². The second-order valence-electron chi connectivity index (χ2n) is 9.76. The number of carbonyl (C=O) groups excluding carboxylic acids is 2. The number of aliphatic hydroxyl groups is 5. The highest BCUT2D eigenvalue weighted by Gasteiger charge is 2.88. The van der Waals surface area contributed by atoms with E-state index in [1.54, 1.807) is 37.3 Å². The van der Waals surface area contributed by atoms with Crippen LogP contribution in [0.2, 0.25) is 0 Å². The highest BCUT2D eigenvalue weighted by Crippen LogP contribution is 2.73. The Kier molecular flexibility index (Phi) is 5.52. The summed E-state index contributed by atoms with van der Waals surface area (Å²) in [5.74, 6) is -2.00. The molecule has 2 aliphatic heterocycles. The molecule has 5 fully saturated rings. The van der Waals surface area contributed by atoms with Gasteiger partial charge in [0, 0.05) is 12.3 Å². The lowest BCUT2D eigenvalue weighted by Gasteiger charge is -2.66. The van der Waals surface area contributed by atoms with Gasteiger partial charge in [0.05, 0.1) is 18.3 Å². The van der Waals surface area contributed by atoms with Crippen LogP contribution in [0.25, 0.3) is 0 Å². The van der Waals surface area contributed by atoms with E-state index in [2.05, 4.69) is 0 Å². The summed E-state index contributed by atoms with van der Waals surface area (Å²) in [7, 11) is 0. The van der Waals surface area contributed by atoms with E-state index >= 15 is 0 Å². The molecule has 0 radical (unpaired) electrons. The number of benzene rings is 1. The lowest BCUT2D eigenvalue weighted by molar-refractivity contribution is -0.394. The first-order valence-corrected chi connectivity index (χ1v) is 11.2. The van der Waals surface area contributed by atoms with Gasteiger partial charge in [-0.1, -0.05) is 18.2 Å². The molecular formula is C23H28O11. The van der Waals surface area contributed by atoms with Gasteiger partial charge in [-0.25, -0.2) is 4.79 Å². The Labute approximate surface area is 194 Å². The van der Waals surface area contributed by atoms with Crippen molar-refractivity contribution in [3.05, 3.63) is 35.9 Å². The maximum Gasteiger partial charge on any atom is 0.338 e. The molecule has 34 heavy (non-hydrogen) atoms. The molecule has 1 aromatic rings. The molecule has 2 heterocycles. The summed E-state index contributed by atoms with van der Waals surface area (Å²) in [5, 5.41) is 51.0. The van der Waals surface area contributed by atoms with Gasteiger partial charge >= 0.3 is 11.9 Å². The average Bonchev–Trinajstić information content (AvgIpc) is 2.88. The van der Waals surface area contributed by atoms with Gasteiger partial charge in [0.1, 0.15) is 47.6 Å². The average molecular weight is 480 g/mol. The zero-order valence-corrected chi connectivity index (χ0v) is 18.4. The number of hydrogen-bond acceptors (Lipinski definition) is 11. The second kappa shape index (κ2) is 7.95. The summed E-state index contributed by atoms with van der Waals surface area (Å²) in [6.07, 6.45) is -8.41. The van der Waals surface area contributed by atoms with Crippen molar-refractivity contribution < 1.29 is 54.1 Å². The molecule has 186 valence electrons. The third-order valence-corrected chi connectivity index (χ3v) is 8.07. The molecule has 11 nitrogen and oxygen atoms in total. The minimum Gasteiger partial charge on any atom is -0.461 e. The molecular weight excluding hydrogens is 452 g/mol. The highest BCUT2D eigenvalue weighted by molar-refractivity contribution is 5.90. The third-order valence-electron chi connectivity index (χ3n) is 8.07. The topological polar surface area (TPSA) is 172 Å². The van der Waals surface area contributed by atoms with Crippen LogP contribution < -0.4 is 0 Å². The van der Waals surface area contributed by atoms with Crippen molar-refractivity contribution in [2.45, 2.75) is 67.8 Å². The van der Waals surface area contributed by atoms with Crippen LogP contribution in [-0.4, -0.2) is 98.7 Å². The van der Waals surface area contributed by atoms with Crippen molar-refractivity contribution in [1.29, 1.82) is 0 Å². The number of fused-ring (bicyclic) bond motifs is 1. The number of rotatable bonds is 6. The van der Waals surface area contributed by atoms with E-state index in [0.717, 1.165) is 0 Å². The van der Waals surface area contributed by atoms with Crippen molar-refractivity contribution in [3.8, 4) is 0 Å². The Morgan fingerprint density at radius 3 is 2.47 bits per heavy atom. The Balaban J connectivity index is 1.46. The number of carbonyl (C=O) groups is 2. The maximum absolute atomic E-state index is 13.2. The molecule has 5 N–H and O–H groups in total. The van der Waals surface area contributed by atoms with Gasteiger partial charge in [-0.3, -0.25) is 4.79 Å².